The number of rotatable bonds is 5. The van der Waals surface area contributed by atoms with E-state index in [0.717, 1.165) is 25.0 Å². The lowest BCUT2D eigenvalue weighted by Gasteiger charge is -2.25. The maximum atomic E-state index is 13.4. The Balaban J connectivity index is 1.84. The van der Waals surface area contributed by atoms with Crippen LogP contribution in [0.2, 0.25) is 0 Å². The molecule has 1 saturated carbocycles. The number of hydrogen-bond acceptors (Lipinski definition) is 3. The van der Waals surface area contributed by atoms with Crippen molar-refractivity contribution in [1.82, 2.24) is 5.32 Å². The molecule has 0 saturated heterocycles. The molecular weight excluding hydrogens is 278 g/mol. The van der Waals surface area contributed by atoms with Gasteiger partial charge in [0.05, 0.1) is 11.6 Å². The van der Waals surface area contributed by atoms with E-state index in [1.54, 1.807) is 6.92 Å². The van der Waals surface area contributed by atoms with Gasteiger partial charge in [0.15, 0.2) is 11.6 Å². The van der Waals surface area contributed by atoms with Crippen LogP contribution in [0.15, 0.2) is 18.2 Å². The molecule has 1 aromatic carbocycles. The maximum absolute atomic E-state index is 13.4. The van der Waals surface area contributed by atoms with Crippen LogP contribution in [-0.2, 0) is 4.79 Å². The van der Waals surface area contributed by atoms with Crippen molar-refractivity contribution in [1.29, 1.82) is 0 Å². The Kier molecular flexibility index (Phi) is 4.77. The molecular formula is C15H20F2N2O2. The monoisotopic (exact) mass is 298 g/mol. The largest absolute Gasteiger partial charge is 0.488 e. The summed E-state index contributed by atoms with van der Waals surface area (Å²) in [7, 11) is 0. The summed E-state index contributed by atoms with van der Waals surface area (Å²) in [5.74, 6) is -1.66. The van der Waals surface area contributed by atoms with Crippen molar-refractivity contribution >= 4 is 5.91 Å². The average molecular weight is 298 g/mol. The highest BCUT2D eigenvalue weighted by molar-refractivity contribution is 5.86. The average Bonchev–Trinajstić information content (AvgIpc) is 2.86. The van der Waals surface area contributed by atoms with E-state index in [-0.39, 0.29) is 24.3 Å². The van der Waals surface area contributed by atoms with Gasteiger partial charge in [0.1, 0.15) is 12.4 Å². The molecule has 1 unspecified atom stereocenters. The van der Waals surface area contributed by atoms with Crippen LogP contribution in [0.5, 0.6) is 5.75 Å². The van der Waals surface area contributed by atoms with Crippen LogP contribution in [0.4, 0.5) is 8.78 Å². The minimum atomic E-state index is -0.796. The predicted octanol–water partition coefficient (Wildman–Crippen LogP) is 2.12. The number of ether oxygens (including phenoxy) is 1. The number of carbonyl (C=O) groups is 1. The number of hydrogen-bond donors (Lipinski definition) is 2. The Labute approximate surface area is 122 Å². The van der Waals surface area contributed by atoms with Gasteiger partial charge in [0.25, 0.3) is 0 Å². The van der Waals surface area contributed by atoms with Gasteiger partial charge in [-0.15, -0.1) is 0 Å². The van der Waals surface area contributed by atoms with Crippen molar-refractivity contribution in [2.24, 2.45) is 5.73 Å². The highest BCUT2D eigenvalue weighted by atomic mass is 19.1. The molecule has 0 radical (unpaired) electrons. The molecule has 0 bridgehead atoms. The SMILES string of the molecule is CC(COc1ccc(F)cc1F)NC(=O)C1(N)CCCC1. The molecule has 1 amide bonds. The lowest BCUT2D eigenvalue weighted by Crippen LogP contribution is -2.54. The summed E-state index contributed by atoms with van der Waals surface area (Å²) >= 11 is 0. The minimum Gasteiger partial charge on any atom is -0.488 e. The number of nitrogens with two attached hydrogens (primary N) is 1. The third-order valence-electron chi connectivity index (χ3n) is 3.71. The van der Waals surface area contributed by atoms with E-state index in [9.17, 15) is 13.6 Å². The van der Waals surface area contributed by atoms with Gasteiger partial charge in [-0.3, -0.25) is 4.79 Å². The Bertz CT molecular complexity index is 516. The molecule has 1 aromatic rings. The lowest BCUT2D eigenvalue weighted by atomic mass is 9.98. The summed E-state index contributed by atoms with van der Waals surface area (Å²) in [5.41, 5.74) is 5.25. The number of carbonyl (C=O) groups excluding carboxylic acids is 1. The van der Waals surface area contributed by atoms with Crippen LogP contribution in [0.25, 0.3) is 0 Å². The highest BCUT2D eigenvalue weighted by Gasteiger charge is 2.37. The van der Waals surface area contributed by atoms with Crippen LogP contribution in [0.3, 0.4) is 0 Å². The van der Waals surface area contributed by atoms with E-state index in [0.29, 0.717) is 12.8 Å². The molecule has 4 nitrogen and oxygen atoms in total. The van der Waals surface area contributed by atoms with Gasteiger partial charge >= 0.3 is 0 Å². The molecule has 0 spiro atoms. The number of amides is 1. The van der Waals surface area contributed by atoms with E-state index in [2.05, 4.69) is 5.32 Å². The first kappa shape index (κ1) is 15.7. The Morgan fingerprint density at radius 1 is 1.43 bits per heavy atom. The molecule has 6 heteroatoms. The van der Waals surface area contributed by atoms with Crippen molar-refractivity contribution < 1.29 is 18.3 Å². The van der Waals surface area contributed by atoms with Crippen molar-refractivity contribution in [3.8, 4) is 5.75 Å². The second-order valence-corrected chi connectivity index (χ2v) is 5.62. The van der Waals surface area contributed by atoms with Crippen molar-refractivity contribution in [3.05, 3.63) is 29.8 Å². The fourth-order valence-corrected chi connectivity index (χ4v) is 2.45. The molecule has 1 atom stereocenters. The second-order valence-electron chi connectivity index (χ2n) is 5.62. The van der Waals surface area contributed by atoms with Gasteiger partial charge in [0.2, 0.25) is 5.91 Å². The topological polar surface area (TPSA) is 64.3 Å². The molecule has 3 N–H and O–H groups in total. The van der Waals surface area contributed by atoms with Crippen LogP contribution in [0.1, 0.15) is 32.6 Å². The number of benzene rings is 1. The van der Waals surface area contributed by atoms with Crippen LogP contribution in [-0.4, -0.2) is 24.1 Å². The smallest absolute Gasteiger partial charge is 0.240 e. The molecule has 21 heavy (non-hydrogen) atoms. The predicted molar refractivity (Wildman–Crippen MR) is 74.8 cm³/mol. The minimum absolute atomic E-state index is 0.0409. The second kappa shape index (κ2) is 6.39. The van der Waals surface area contributed by atoms with Crippen LogP contribution < -0.4 is 15.8 Å². The first-order valence-electron chi connectivity index (χ1n) is 7.08. The van der Waals surface area contributed by atoms with E-state index >= 15 is 0 Å². The summed E-state index contributed by atoms with van der Waals surface area (Å²) in [6.45, 7) is 1.84. The maximum Gasteiger partial charge on any atom is 0.240 e. The summed E-state index contributed by atoms with van der Waals surface area (Å²) in [6.07, 6.45) is 3.27. The fourth-order valence-electron chi connectivity index (χ4n) is 2.45. The molecule has 1 aliphatic rings. The number of nitrogens with one attached hydrogen (secondary N) is 1. The molecule has 0 aliphatic heterocycles. The molecule has 116 valence electrons. The Morgan fingerprint density at radius 2 is 2.10 bits per heavy atom. The van der Waals surface area contributed by atoms with Crippen molar-refractivity contribution in [2.45, 2.75) is 44.2 Å². The van der Waals surface area contributed by atoms with Gasteiger partial charge in [0, 0.05) is 6.07 Å². The Hall–Kier alpha value is -1.69. The summed E-state index contributed by atoms with van der Waals surface area (Å²) < 4.78 is 31.4. The van der Waals surface area contributed by atoms with E-state index in [4.69, 9.17) is 10.5 Å². The van der Waals surface area contributed by atoms with E-state index < -0.39 is 17.2 Å². The molecule has 2 rings (SSSR count). The zero-order valence-electron chi connectivity index (χ0n) is 12.0. The highest BCUT2D eigenvalue weighted by Crippen LogP contribution is 2.27. The van der Waals surface area contributed by atoms with Gasteiger partial charge < -0.3 is 15.8 Å². The van der Waals surface area contributed by atoms with E-state index in [1.807, 2.05) is 0 Å². The van der Waals surface area contributed by atoms with Crippen molar-refractivity contribution in [2.75, 3.05) is 6.61 Å². The quantitative estimate of drug-likeness (QED) is 0.875. The summed E-state index contributed by atoms with van der Waals surface area (Å²) in [6, 6.07) is 2.78. The van der Waals surface area contributed by atoms with Gasteiger partial charge in [-0.2, -0.15) is 0 Å². The third kappa shape index (κ3) is 3.91. The molecule has 1 aliphatic carbocycles. The summed E-state index contributed by atoms with van der Waals surface area (Å²) in [5, 5.41) is 2.78. The van der Waals surface area contributed by atoms with Crippen molar-refractivity contribution in [3.63, 3.8) is 0 Å². The van der Waals surface area contributed by atoms with Crippen LogP contribution >= 0.6 is 0 Å². The first-order chi connectivity index (χ1) is 9.90. The zero-order valence-corrected chi connectivity index (χ0v) is 12.0. The zero-order chi connectivity index (χ0) is 15.5. The van der Waals surface area contributed by atoms with Gasteiger partial charge in [-0.25, -0.2) is 8.78 Å². The molecule has 1 fully saturated rings. The third-order valence-corrected chi connectivity index (χ3v) is 3.71. The molecule has 0 aromatic heterocycles. The Morgan fingerprint density at radius 3 is 2.71 bits per heavy atom. The summed E-state index contributed by atoms with van der Waals surface area (Å²) in [4.78, 5) is 12.1. The first-order valence-corrected chi connectivity index (χ1v) is 7.08. The lowest BCUT2D eigenvalue weighted by molar-refractivity contribution is -0.127. The standard InChI is InChI=1S/C15H20F2N2O2/c1-10(19-14(20)15(18)6-2-3-7-15)9-21-13-5-4-11(16)8-12(13)17/h4-5,8,10H,2-3,6-7,9,18H2,1H3,(H,19,20). The van der Waals surface area contributed by atoms with Gasteiger partial charge in [-0.1, -0.05) is 12.8 Å². The van der Waals surface area contributed by atoms with Crippen LogP contribution in [0, 0.1) is 11.6 Å². The number of halogens is 2. The normalized spacial score (nSPS) is 18.3. The molecule has 0 heterocycles. The van der Waals surface area contributed by atoms with Gasteiger partial charge in [-0.05, 0) is 31.9 Å². The fraction of sp³-hybridized carbons (Fsp3) is 0.533. The van der Waals surface area contributed by atoms with E-state index in [1.165, 1.54) is 6.07 Å².